The molecule has 0 spiro atoms. The SMILES string of the molecule is OC[C@H]1O[C@@](O)(c2cc(Cc3ccc(F)cc3)c(Cl)cc2O)[C@H](O)[C@@H](O)[C@@H]1O. The molecule has 1 aliphatic heterocycles. The van der Waals surface area contributed by atoms with E-state index in [0.717, 1.165) is 6.07 Å². The van der Waals surface area contributed by atoms with Crippen LogP contribution in [0.3, 0.4) is 0 Å². The third-order valence-corrected chi connectivity index (χ3v) is 5.18. The summed E-state index contributed by atoms with van der Waals surface area (Å²) in [4.78, 5) is 0. The molecule has 1 aliphatic rings. The molecular formula is C19H20ClFO7. The van der Waals surface area contributed by atoms with Crippen LogP contribution in [-0.4, -0.2) is 61.7 Å². The molecule has 1 saturated heterocycles. The average molecular weight is 415 g/mol. The highest BCUT2D eigenvalue weighted by Crippen LogP contribution is 2.42. The van der Waals surface area contributed by atoms with E-state index >= 15 is 0 Å². The first-order valence-corrected chi connectivity index (χ1v) is 8.86. The number of phenols is 1. The van der Waals surface area contributed by atoms with E-state index in [4.69, 9.17) is 16.3 Å². The van der Waals surface area contributed by atoms with Crippen molar-refractivity contribution in [3.8, 4) is 5.75 Å². The van der Waals surface area contributed by atoms with Crippen LogP contribution in [-0.2, 0) is 16.9 Å². The summed E-state index contributed by atoms with van der Waals surface area (Å²) in [5.74, 6) is -3.54. The number of ether oxygens (including phenoxy) is 1. The van der Waals surface area contributed by atoms with Gasteiger partial charge in [-0.15, -0.1) is 0 Å². The molecule has 152 valence electrons. The summed E-state index contributed by atoms with van der Waals surface area (Å²) in [6.07, 6.45) is -6.69. The van der Waals surface area contributed by atoms with Gasteiger partial charge in [0.2, 0.25) is 5.79 Å². The van der Waals surface area contributed by atoms with Gasteiger partial charge in [-0.2, -0.15) is 0 Å². The molecule has 2 aromatic carbocycles. The zero-order valence-corrected chi connectivity index (χ0v) is 15.3. The zero-order valence-electron chi connectivity index (χ0n) is 14.5. The molecule has 0 saturated carbocycles. The van der Waals surface area contributed by atoms with Gasteiger partial charge in [0.25, 0.3) is 0 Å². The lowest BCUT2D eigenvalue weighted by Crippen LogP contribution is -2.63. The van der Waals surface area contributed by atoms with E-state index in [-0.39, 0.29) is 17.0 Å². The van der Waals surface area contributed by atoms with Gasteiger partial charge < -0.3 is 35.4 Å². The molecule has 0 aliphatic carbocycles. The first-order chi connectivity index (χ1) is 13.2. The molecule has 0 aromatic heterocycles. The molecule has 9 heteroatoms. The monoisotopic (exact) mass is 414 g/mol. The predicted molar refractivity (Wildman–Crippen MR) is 96.2 cm³/mol. The maximum Gasteiger partial charge on any atom is 0.226 e. The Balaban J connectivity index is 2.02. The molecule has 0 amide bonds. The third-order valence-electron chi connectivity index (χ3n) is 4.82. The first kappa shape index (κ1) is 20.9. The van der Waals surface area contributed by atoms with Crippen molar-refractivity contribution >= 4 is 11.6 Å². The molecule has 7 nitrogen and oxygen atoms in total. The van der Waals surface area contributed by atoms with Gasteiger partial charge in [0, 0.05) is 5.02 Å². The molecule has 0 radical (unpaired) electrons. The number of aliphatic hydroxyl groups is 5. The lowest BCUT2D eigenvalue weighted by molar-refractivity contribution is -0.358. The molecule has 1 fully saturated rings. The minimum Gasteiger partial charge on any atom is -0.507 e. The number of benzene rings is 2. The normalized spacial score (nSPS) is 30.4. The Morgan fingerprint density at radius 1 is 1.07 bits per heavy atom. The van der Waals surface area contributed by atoms with E-state index in [2.05, 4.69) is 0 Å². The topological polar surface area (TPSA) is 131 Å². The first-order valence-electron chi connectivity index (χ1n) is 8.49. The largest absolute Gasteiger partial charge is 0.507 e. The summed E-state index contributed by atoms with van der Waals surface area (Å²) in [7, 11) is 0. The number of halogens is 2. The van der Waals surface area contributed by atoms with Crippen LogP contribution in [0.15, 0.2) is 36.4 Å². The molecule has 2 aromatic rings. The van der Waals surface area contributed by atoms with Crippen molar-refractivity contribution in [2.75, 3.05) is 6.61 Å². The molecule has 0 unspecified atom stereocenters. The molecular weight excluding hydrogens is 395 g/mol. The Morgan fingerprint density at radius 3 is 2.32 bits per heavy atom. The van der Waals surface area contributed by atoms with Gasteiger partial charge in [-0.05, 0) is 41.8 Å². The van der Waals surface area contributed by atoms with Crippen LogP contribution in [0.4, 0.5) is 4.39 Å². The predicted octanol–water partition coefficient (Wildman–Crippen LogP) is 0.394. The summed E-state index contributed by atoms with van der Waals surface area (Å²) in [5, 5.41) is 60.8. The maximum atomic E-state index is 13.1. The molecule has 28 heavy (non-hydrogen) atoms. The van der Waals surface area contributed by atoms with Crippen LogP contribution in [0.25, 0.3) is 0 Å². The zero-order chi connectivity index (χ0) is 20.6. The van der Waals surface area contributed by atoms with Crippen LogP contribution < -0.4 is 0 Å². The van der Waals surface area contributed by atoms with E-state index in [9.17, 15) is 35.0 Å². The van der Waals surface area contributed by atoms with Crippen molar-refractivity contribution in [1.29, 1.82) is 0 Å². The molecule has 3 rings (SSSR count). The summed E-state index contributed by atoms with van der Waals surface area (Å²) >= 11 is 6.16. The van der Waals surface area contributed by atoms with Gasteiger partial charge in [-0.25, -0.2) is 4.39 Å². The second-order valence-corrected chi connectivity index (χ2v) is 7.13. The fraction of sp³-hybridized carbons (Fsp3) is 0.368. The lowest BCUT2D eigenvalue weighted by Gasteiger charge is -2.45. The van der Waals surface area contributed by atoms with Crippen molar-refractivity contribution < 1.29 is 39.8 Å². The van der Waals surface area contributed by atoms with Crippen LogP contribution in [0.1, 0.15) is 16.7 Å². The van der Waals surface area contributed by atoms with Gasteiger partial charge in [0.05, 0.1) is 12.2 Å². The smallest absolute Gasteiger partial charge is 0.226 e. The lowest BCUT2D eigenvalue weighted by atomic mass is 9.86. The number of aliphatic hydroxyl groups excluding tert-OH is 4. The van der Waals surface area contributed by atoms with Crippen molar-refractivity contribution in [3.63, 3.8) is 0 Å². The number of phenolic OH excluding ortho intramolecular Hbond substituents is 1. The average Bonchev–Trinajstić information content (AvgIpc) is 2.67. The van der Waals surface area contributed by atoms with E-state index in [0.29, 0.717) is 11.1 Å². The van der Waals surface area contributed by atoms with Crippen LogP contribution in [0, 0.1) is 5.82 Å². The fourth-order valence-corrected chi connectivity index (χ4v) is 3.45. The highest BCUT2D eigenvalue weighted by molar-refractivity contribution is 6.31. The molecule has 0 bridgehead atoms. The number of rotatable bonds is 4. The van der Waals surface area contributed by atoms with E-state index in [1.165, 1.54) is 18.2 Å². The Bertz CT molecular complexity index is 845. The highest BCUT2D eigenvalue weighted by Gasteiger charge is 2.54. The van der Waals surface area contributed by atoms with Crippen LogP contribution in [0.2, 0.25) is 5.02 Å². The minimum absolute atomic E-state index is 0.152. The Morgan fingerprint density at radius 2 is 1.71 bits per heavy atom. The number of hydrogen-bond acceptors (Lipinski definition) is 7. The third kappa shape index (κ3) is 3.72. The fourth-order valence-electron chi connectivity index (χ4n) is 3.23. The van der Waals surface area contributed by atoms with E-state index in [1.54, 1.807) is 12.1 Å². The van der Waals surface area contributed by atoms with Crippen LogP contribution in [0.5, 0.6) is 5.75 Å². The van der Waals surface area contributed by atoms with Gasteiger partial charge in [-0.3, -0.25) is 0 Å². The summed E-state index contributed by atoms with van der Waals surface area (Å²) in [5.41, 5.74) is 0.818. The van der Waals surface area contributed by atoms with E-state index < -0.39 is 48.4 Å². The Labute approximate surface area is 164 Å². The van der Waals surface area contributed by atoms with E-state index in [1.807, 2.05) is 0 Å². The van der Waals surface area contributed by atoms with Gasteiger partial charge in [0.1, 0.15) is 36.0 Å². The van der Waals surface area contributed by atoms with Gasteiger partial charge >= 0.3 is 0 Å². The van der Waals surface area contributed by atoms with Gasteiger partial charge in [0.15, 0.2) is 0 Å². The maximum absolute atomic E-state index is 13.1. The standard InChI is InChI=1S/C19H20ClFO7/c20-13-7-14(23)12(6-10(13)5-9-1-3-11(21)4-2-9)19(27)18(26)17(25)16(24)15(8-22)28-19/h1-4,6-7,15-18,22-27H,5,8H2/t15-,16-,17+,18-,19+/m1/s1. The second-order valence-electron chi connectivity index (χ2n) is 6.73. The number of hydrogen-bond donors (Lipinski definition) is 6. The quantitative estimate of drug-likeness (QED) is 0.427. The molecule has 6 N–H and O–H groups in total. The summed E-state index contributed by atoms with van der Waals surface area (Å²) in [6.45, 7) is -0.746. The van der Waals surface area contributed by atoms with Crippen molar-refractivity contribution in [1.82, 2.24) is 0 Å². The van der Waals surface area contributed by atoms with Crippen molar-refractivity contribution in [2.24, 2.45) is 0 Å². The second kappa shape index (κ2) is 7.92. The summed E-state index contributed by atoms with van der Waals surface area (Å²) in [6, 6.07) is 8.05. The molecule has 5 atom stereocenters. The minimum atomic E-state index is -2.61. The Hall–Kier alpha value is -1.78. The Kier molecular flexibility index (Phi) is 5.92. The highest BCUT2D eigenvalue weighted by atomic mass is 35.5. The van der Waals surface area contributed by atoms with Crippen molar-refractivity contribution in [3.05, 3.63) is 63.9 Å². The van der Waals surface area contributed by atoms with Gasteiger partial charge in [-0.1, -0.05) is 23.7 Å². The molecule has 1 heterocycles. The summed E-state index contributed by atoms with van der Waals surface area (Å²) < 4.78 is 18.3. The van der Waals surface area contributed by atoms with Crippen molar-refractivity contribution in [2.45, 2.75) is 36.6 Å². The number of aromatic hydroxyl groups is 1. The van der Waals surface area contributed by atoms with Crippen LogP contribution >= 0.6 is 11.6 Å².